The number of ether oxygens (including phenoxy) is 1. The van der Waals surface area contributed by atoms with Crippen molar-refractivity contribution in [3.63, 3.8) is 0 Å². The highest BCUT2D eigenvalue weighted by molar-refractivity contribution is 6.01. The number of amides is 1. The maximum Gasteiger partial charge on any atom is 0.293 e. The molecule has 0 aromatic heterocycles. The Morgan fingerprint density at radius 2 is 2.10 bits per heavy atom. The number of carbonyl (C=O) groups excluding carboxylic acids is 1. The van der Waals surface area contributed by atoms with E-state index in [4.69, 9.17) is 4.74 Å². The number of nitro groups is 1. The number of anilines is 1. The van der Waals surface area contributed by atoms with Crippen molar-refractivity contribution in [3.8, 4) is 0 Å². The summed E-state index contributed by atoms with van der Waals surface area (Å²) in [4.78, 5) is 24.8. The first kappa shape index (κ1) is 15.2. The third-order valence-electron chi connectivity index (χ3n) is 3.78. The molecule has 0 spiro atoms. The number of rotatable bonds is 4. The van der Waals surface area contributed by atoms with Crippen molar-refractivity contribution < 1.29 is 14.5 Å². The Hall–Kier alpha value is -2.15. The van der Waals surface area contributed by atoms with E-state index in [2.05, 4.69) is 5.32 Å². The second kappa shape index (κ2) is 6.53. The average Bonchev–Trinajstić information content (AvgIpc) is 2.53. The van der Waals surface area contributed by atoms with Crippen LogP contribution in [0.3, 0.4) is 0 Å². The monoisotopic (exact) mass is 293 g/mol. The molecule has 1 aliphatic rings. The van der Waals surface area contributed by atoms with Gasteiger partial charge in [-0.3, -0.25) is 14.9 Å². The summed E-state index contributed by atoms with van der Waals surface area (Å²) >= 11 is 0. The number of nitro benzene ring substituents is 1. The van der Waals surface area contributed by atoms with Gasteiger partial charge in [-0.25, -0.2) is 0 Å². The van der Waals surface area contributed by atoms with E-state index < -0.39 is 4.92 Å². The normalized spacial score (nSPS) is 15.5. The van der Waals surface area contributed by atoms with Crippen LogP contribution in [0, 0.1) is 10.1 Å². The molecule has 0 saturated carbocycles. The summed E-state index contributed by atoms with van der Waals surface area (Å²) in [5.74, 6) is -0.213. The van der Waals surface area contributed by atoms with Gasteiger partial charge in [0.2, 0.25) is 0 Å². The molecule has 21 heavy (non-hydrogen) atoms. The molecule has 1 fully saturated rings. The molecular formula is C14H19N3O4. The third-order valence-corrected chi connectivity index (χ3v) is 3.78. The lowest BCUT2D eigenvalue weighted by atomic mass is 10.0. The molecule has 7 heteroatoms. The molecule has 1 aromatic rings. The van der Waals surface area contributed by atoms with E-state index in [1.54, 1.807) is 25.1 Å². The van der Waals surface area contributed by atoms with Crippen LogP contribution in [0.2, 0.25) is 0 Å². The average molecular weight is 293 g/mol. The summed E-state index contributed by atoms with van der Waals surface area (Å²) in [5.41, 5.74) is 0.482. The molecule has 0 atom stereocenters. The van der Waals surface area contributed by atoms with Crippen LogP contribution in [0.5, 0.6) is 0 Å². The Labute approximate surface area is 123 Å². The highest BCUT2D eigenvalue weighted by atomic mass is 16.6. The fourth-order valence-electron chi connectivity index (χ4n) is 2.56. The van der Waals surface area contributed by atoms with Crippen LogP contribution in [-0.4, -0.2) is 49.1 Å². The summed E-state index contributed by atoms with van der Waals surface area (Å²) in [6, 6.07) is 4.63. The zero-order valence-electron chi connectivity index (χ0n) is 12.2. The fourth-order valence-corrected chi connectivity index (χ4v) is 2.56. The molecule has 0 aliphatic carbocycles. The first-order valence-corrected chi connectivity index (χ1v) is 6.86. The smallest absolute Gasteiger partial charge is 0.293 e. The van der Waals surface area contributed by atoms with Gasteiger partial charge in [0.25, 0.3) is 11.6 Å². The molecule has 114 valence electrons. The predicted molar refractivity (Wildman–Crippen MR) is 78.6 cm³/mol. The van der Waals surface area contributed by atoms with Crippen molar-refractivity contribution in [2.45, 2.75) is 18.9 Å². The zero-order chi connectivity index (χ0) is 15.4. The molecular weight excluding hydrogens is 274 g/mol. The maximum absolute atomic E-state index is 12.6. The minimum Gasteiger partial charge on any atom is -0.382 e. The second-order valence-corrected chi connectivity index (χ2v) is 4.97. The molecule has 7 nitrogen and oxygen atoms in total. The predicted octanol–water partition coefficient (Wildman–Crippen LogP) is 1.89. The molecule has 1 aromatic carbocycles. The Bertz CT molecular complexity index is 541. The summed E-state index contributed by atoms with van der Waals surface area (Å²) in [7, 11) is 3.31. The van der Waals surface area contributed by atoms with Gasteiger partial charge in [0.1, 0.15) is 5.69 Å². The minimum absolute atomic E-state index is 0.0938. The summed E-state index contributed by atoms with van der Waals surface area (Å²) < 4.78 is 5.29. The molecule has 0 bridgehead atoms. The molecule has 1 N–H and O–H groups in total. The van der Waals surface area contributed by atoms with Crippen LogP contribution >= 0.6 is 0 Å². The van der Waals surface area contributed by atoms with Crippen molar-refractivity contribution in [1.29, 1.82) is 0 Å². The van der Waals surface area contributed by atoms with Crippen LogP contribution in [0.1, 0.15) is 23.2 Å². The highest BCUT2D eigenvalue weighted by Gasteiger charge is 2.27. The molecule has 2 rings (SSSR count). The van der Waals surface area contributed by atoms with E-state index in [-0.39, 0.29) is 23.3 Å². The molecule has 0 unspecified atom stereocenters. The molecule has 1 heterocycles. The number of benzene rings is 1. The van der Waals surface area contributed by atoms with Gasteiger partial charge in [0.15, 0.2) is 0 Å². The van der Waals surface area contributed by atoms with Gasteiger partial charge < -0.3 is 15.0 Å². The molecule has 0 radical (unpaired) electrons. The number of carbonyl (C=O) groups is 1. The summed E-state index contributed by atoms with van der Waals surface area (Å²) in [5, 5.41) is 13.8. The standard InChI is InChI=1S/C14H19N3O4/c1-15-13-11(4-3-5-12(13)17(19)20)14(18)16(2)10-6-8-21-9-7-10/h3-5,10,15H,6-9H2,1-2H3. The van der Waals surface area contributed by atoms with Gasteiger partial charge in [0.05, 0.1) is 10.5 Å². The van der Waals surface area contributed by atoms with Crippen LogP contribution in [0.25, 0.3) is 0 Å². The summed E-state index contributed by atoms with van der Waals surface area (Å²) in [6.07, 6.45) is 1.57. The molecule has 1 aliphatic heterocycles. The summed E-state index contributed by atoms with van der Waals surface area (Å²) in [6.45, 7) is 1.27. The van der Waals surface area contributed by atoms with Crippen molar-refractivity contribution in [2.24, 2.45) is 0 Å². The van der Waals surface area contributed by atoms with Crippen LogP contribution in [0.15, 0.2) is 18.2 Å². The minimum atomic E-state index is -0.489. The Kier molecular flexibility index (Phi) is 4.74. The van der Waals surface area contributed by atoms with Gasteiger partial charge >= 0.3 is 0 Å². The lowest BCUT2D eigenvalue weighted by Gasteiger charge is -2.31. The number of nitrogens with zero attached hydrogens (tertiary/aromatic N) is 2. The van der Waals surface area contributed by atoms with Crippen LogP contribution in [0.4, 0.5) is 11.4 Å². The van der Waals surface area contributed by atoms with Gasteiger partial charge in [-0.05, 0) is 18.9 Å². The second-order valence-electron chi connectivity index (χ2n) is 4.97. The maximum atomic E-state index is 12.6. The third kappa shape index (κ3) is 3.13. The SMILES string of the molecule is CNc1c(C(=O)N(C)C2CCOCC2)cccc1[N+](=O)[O-]. The van der Waals surface area contributed by atoms with Crippen LogP contribution in [-0.2, 0) is 4.74 Å². The van der Waals surface area contributed by atoms with Gasteiger partial charge in [0, 0.05) is 39.4 Å². The largest absolute Gasteiger partial charge is 0.382 e. The van der Waals surface area contributed by atoms with E-state index in [1.807, 2.05) is 0 Å². The Balaban J connectivity index is 2.29. The zero-order valence-corrected chi connectivity index (χ0v) is 12.2. The van der Waals surface area contributed by atoms with E-state index in [0.717, 1.165) is 12.8 Å². The fraction of sp³-hybridized carbons (Fsp3) is 0.500. The Morgan fingerprint density at radius 3 is 2.67 bits per heavy atom. The van der Waals surface area contributed by atoms with Gasteiger partial charge in [-0.1, -0.05) is 6.07 Å². The first-order valence-electron chi connectivity index (χ1n) is 6.86. The Morgan fingerprint density at radius 1 is 1.43 bits per heavy atom. The topological polar surface area (TPSA) is 84.7 Å². The number of nitrogens with one attached hydrogen (secondary N) is 1. The van der Waals surface area contributed by atoms with E-state index in [1.165, 1.54) is 12.1 Å². The van der Waals surface area contributed by atoms with Crippen molar-refractivity contribution in [3.05, 3.63) is 33.9 Å². The lowest BCUT2D eigenvalue weighted by Crippen LogP contribution is -2.40. The van der Waals surface area contributed by atoms with E-state index >= 15 is 0 Å². The van der Waals surface area contributed by atoms with Gasteiger partial charge in [-0.15, -0.1) is 0 Å². The van der Waals surface area contributed by atoms with Gasteiger partial charge in [-0.2, -0.15) is 0 Å². The van der Waals surface area contributed by atoms with Crippen molar-refractivity contribution in [2.75, 3.05) is 32.6 Å². The quantitative estimate of drug-likeness (QED) is 0.677. The number of hydrogen-bond acceptors (Lipinski definition) is 5. The van der Waals surface area contributed by atoms with E-state index in [0.29, 0.717) is 18.8 Å². The lowest BCUT2D eigenvalue weighted by molar-refractivity contribution is -0.384. The molecule has 1 amide bonds. The number of hydrogen-bond donors (Lipinski definition) is 1. The van der Waals surface area contributed by atoms with Crippen molar-refractivity contribution >= 4 is 17.3 Å². The first-order chi connectivity index (χ1) is 10.1. The molecule has 1 saturated heterocycles. The van der Waals surface area contributed by atoms with Crippen LogP contribution < -0.4 is 5.32 Å². The van der Waals surface area contributed by atoms with E-state index in [9.17, 15) is 14.9 Å². The number of para-hydroxylation sites is 1. The highest BCUT2D eigenvalue weighted by Crippen LogP contribution is 2.29. The van der Waals surface area contributed by atoms with Crippen molar-refractivity contribution in [1.82, 2.24) is 4.90 Å².